The Balaban J connectivity index is 1.90. The summed E-state index contributed by atoms with van der Waals surface area (Å²) in [7, 11) is 1.61. The van der Waals surface area contributed by atoms with Crippen molar-refractivity contribution in [3.8, 4) is 5.75 Å². The Bertz CT molecular complexity index is 683. The molecule has 7 heteroatoms. The fraction of sp³-hybridized carbons (Fsp3) is 0.619. The second-order valence-corrected chi connectivity index (χ2v) is 9.65. The average Bonchev–Trinajstić information content (AvgIpc) is 2.62. The molecule has 2 N–H and O–H groups in total. The number of halogens is 1. The zero-order valence-electron chi connectivity index (χ0n) is 17.1. The highest BCUT2D eigenvalue weighted by Gasteiger charge is 2.30. The molecule has 1 aliphatic carbocycles. The highest BCUT2D eigenvalue weighted by molar-refractivity contribution is 9.10. The van der Waals surface area contributed by atoms with Gasteiger partial charge in [0.25, 0.3) is 5.91 Å². The van der Waals surface area contributed by atoms with Crippen LogP contribution in [0.5, 0.6) is 5.75 Å². The molecule has 2 rings (SSSR count). The van der Waals surface area contributed by atoms with Gasteiger partial charge < -0.3 is 14.8 Å². The monoisotopic (exact) mass is 470 g/mol. The van der Waals surface area contributed by atoms with E-state index in [2.05, 4.69) is 47.3 Å². The van der Waals surface area contributed by atoms with E-state index in [1.165, 1.54) is 12.8 Å². The molecule has 0 bridgehead atoms. The van der Waals surface area contributed by atoms with Crippen molar-refractivity contribution < 1.29 is 14.3 Å². The quantitative estimate of drug-likeness (QED) is 0.466. The van der Waals surface area contributed by atoms with Crippen LogP contribution in [0.3, 0.4) is 0 Å². The number of rotatable bonds is 6. The van der Waals surface area contributed by atoms with Crippen LogP contribution in [-0.4, -0.2) is 37.4 Å². The minimum Gasteiger partial charge on any atom is -0.490 e. The SMILES string of the molecule is COCCOc1ccc(Br)cc1C(=O)NC(=S)NC1CCC(C(C)(C)C)CC1. The maximum absolute atomic E-state index is 12.7. The molecule has 1 aromatic rings. The lowest BCUT2D eigenvalue weighted by molar-refractivity contribution is 0.0968. The van der Waals surface area contributed by atoms with Gasteiger partial charge in [-0.25, -0.2) is 0 Å². The first kappa shape index (κ1) is 23.1. The second-order valence-electron chi connectivity index (χ2n) is 8.32. The maximum atomic E-state index is 12.7. The predicted octanol–water partition coefficient (Wildman–Crippen LogP) is 4.68. The minimum atomic E-state index is -0.283. The van der Waals surface area contributed by atoms with Gasteiger partial charge in [0.1, 0.15) is 12.4 Å². The van der Waals surface area contributed by atoms with Gasteiger partial charge in [0.15, 0.2) is 5.11 Å². The van der Waals surface area contributed by atoms with E-state index in [-0.39, 0.29) is 5.91 Å². The molecule has 1 fully saturated rings. The first-order chi connectivity index (χ1) is 13.2. The van der Waals surface area contributed by atoms with E-state index in [9.17, 15) is 4.79 Å². The number of nitrogens with one attached hydrogen (secondary N) is 2. The standard InChI is InChI=1S/C21H31BrN2O3S/c1-21(2,3)14-5-8-16(9-6-14)23-20(28)24-19(25)17-13-15(22)7-10-18(17)27-12-11-26-4/h7,10,13-14,16H,5-6,8-9,11-12H2,1-4H3,(H2,23,24,25,28). The van der Waals surface area contributed by atoms with Gasteiger partial charge in [-0.3, -0.25) is 10.1 Å². The van der Waals surface area contributed by atoms with E-state index in [1.807, 2.05) is 6.07 Å². The van der Waals surface area contributed by atoms with E-state index in [0.717, 1.165) is 23.2 Å². The van der Waals surface area contributed by atoms with Crippen LogP contribution in [0.1, 0.15) is 56.8 Å². The second kappa shape index (κ2) is 10.6. The van der Waals surface area contributed by atoms with Gasteiger partial charge in [0.2, 0.25) is 0 Å². The van der Waals surface area contributed by atoms with Gasteiger partial charge in [0, 0.05) is 17.6 Å². The Morgan fingerprint density at radius 1 is 1.21 bits per heavy atom. The van der Waals surface area contributed by atoms with E-state index in [4.69, 9.17) is 21.7 Å². The number of benzene rings is 1. The lowest BCUT2D eigenvalue weighted by Gasteiger charge is -2.37. The molecule has 1 amide bonds. The van der Waals surface area contributed by atoms with Crippen LogP contribution in [0.15, 0.2) is 22.7 Å². The Labute approximate surface area is 182 Å². The van der Waals surface area contributed by atoms with Crippen molar-refractivity contribution in [2.45, 2.75) is 52.5 Å². The molecular formula is C21H31BrN2O3S. The van der Waals surface area contributed by atoms with Crippen molar-refractivity contribution in [2.24, 2.45) is 11.3 Å². The van der Waals surface area contributed by atoms with E-state index < -0.39 is 0 Å². The summed E-state index contributed by atoms with van der Waals surface area (Å²) < 4.78 is 11.5. The third kappa shape index (κ3) is 7.01. The molecule has 0 radical (unpaired) electrons. The molecule has 5 nitrogen and oxygen atoms in total. The normalized spacial score (nSPS) is 19.8. The lowest BCUT2D eigenvalue weighted by Crippen LogP contribution is -2.46. The zero-order valence-corrected chi connectivity index (χ0v) is 19.5. The summed E-state index contributed by atoms with van der Waals surface area (Å²) in [4.78, 5) is 12.7. The first-order valence-electron chi connectivity index (χ1n) is 9.74. The van der Waals surface area contributed by atoms with Crippen LogP contribution in [0.2, 0.25) is 0 Å². The Morgan fingerprint density at radius 2 is 1.89 bits per heavy atom. The summed E-state index contributed by atoms with van der Waals surface area (Å²) in [6, 6.07) is 5.64. The number of thiocarbonyl (C=S) groups is 1. The summed E-state index contributed by atoms with van der Waals surface area (Å²) in [6.45, 7) is 7.74. The number of carbonyl (C=O) groups is 1. The van der Waals surface area contributed by atoms with Gasteiger partial charge >= 0.3 is 0 Å². The molecular weight excluding hydrogens is 440 g/mol. The Hall–Kier alpha value is -1.18. The van der Waals surface area contributed by atoms with Crippen molar-refractivity contribution in [3.63, 3.8) is 0 Å². The third-order valence-electron chi connectivity index (χ3n) is 5.25. The van der Waals surface area contributed by atoms with E-state index in [1.54, 1.807) is 19.2 Å². The maximum Gasteiger partial charge on any atom is 0.261 e. The molecule has 0 aliphatic heterocycles. The van der Waals surface area contributed by atoms with Gasteiger partial charge in [0.05, 0.1) is 12.2 Å². The number of hydrogen-bond acceptors (Lipinski definition) is 4. The zero-order chi connectivity index (χ0) is 20.7. The van der Waals surface area contributed by atoms with Crippen molar-refractivity contribution in [3.05, 3.63) is 28.2 Å². The third-order valence-corrected chi connectivity index (χ3v) is 5.96. The van der Waals surface area contributed by atoms with Crippen LogP contribution in [0.25, 0.3) is 0 Å². The number of ether oxygens (including phenoxy) is 2. The molecule has 0 unspecified atom stereocenters. The molecule has 1 aliphatic rings. The first-order valence-corrected chi connectivity index (χ1v) is 10.9. The fourth-order valence-corrected chi connectivity index (χ4v) is 4.16. The number of hydrogen-bond donors (Lipinski definition) is 2. The van der Waals surface area contributed by atoms with Crippen LogP contribution in [0.4, 0.5) is 0 Å². The molecule has 0 heterocycles. The smallest absolute Gasteiger partial charge is 0.261 e. The van der Waals surface area contributed by atoms with Crippen molar-refractivity contribution in [1.29, 1.82) is 0 Å². The molecule has 156 valence electrons. The number of amides is 1. The molecule has 0 saturated heterocycles. The topological polar surface area (TPSA) is 59.6 Å². The number of methoxy groups -OCH3 is 1. The van der Waals surface area contributed by atoms with Crippen molar-refractivity contribution in [1.82, 2.24) is 10.6 Å². The Morgan fingerprint density at radius 3 is 2.50 bits per heavy atom. The largest absolute Gasteiger partial charge is 0.490 e. The highest BCUT2D eigenvalue weighted by Crippen LogP contribution is 2.37. The molecule has 0 aromatic heterocycles. The van der Waals surface area contributed by atoms with Gasteiger partial charge in [-0.15, -0.1) is 0 Å². The lowest BCUT2D eigenvalue weighted by atomic mass is 9.71. The van der Waals surface area contributed by atoms with Crippen LogP contribution in [-0.2, 0) is 4.74 Å². The van der Waals surface area contributed by atoms with Crippen LogP contribution in [0, 0.1) is 11.3 Å². The summed E-state index contributed by atoms with van der Waals surface area (Å²) in [6.07, 6.45) is 4.50. The summed E-state index contributed by atoms with van der Waals surface area (Å²) in [5.74, 6) is 0.961. The van der Waals surface area contributed by atoms with Gasteiger partial charge in [-0.2, -0.15) is 0 Å². The van der Waals surface area contributed by atoms with Crippen LogP contribution >= 0.6 is 28.1 Å². The van der Waals surface area contributed by atoms with Crippen molar-refractivity contribution in [2.75, 3.05) is 20.3 Å². The predicted molar refractivity (Wildman–Crippen MR) is 120 cm³/mol. The number of carbonyl (C=O) groups excluding carboxylic acids is 1. The molecule has 0 spiro atoms. The minimum absolute atomic E-state index is 0.283. The van der Waals surface area contributed by atoms with Crippen LogP contribution < -0.4 is 15.4 Å². The summed E-state index contributed by atoms with van der Waals surface area (Å²) in [5.41, 5.74) is 0.783. The fourth-order valence-electron chi connectivity index (χ4n) is 3.54. The Kier molecular flexibility index (Phi) is 8.71. The molecule has 1 aromatic carbocycles. The van der Waals surface area contributed by atoms with Gasteiger partial charge in [-0.1, -0.05) is 36.7 Å². The van der Waals surface area contributed by atoms with E-state index in [0.29, 0.717) is 41.1 Å². The summed E-state index contributed by atoms with van der Waals surface area (Å²) >= 11 is 8.79. The average molecular weight is 471 g/mol. The summed E-state index contributed by atoms with van der Waals surface area (Å²) in [5, 5.41) is 6.46. The van der Waals surface area contributed by atoms with Gasteiger partial charge in [-0.05, 0) is 67.4 Å². The highest BCUT2D eigenvalue weighted by atomic mass is 79.9. The molecule has 1 saturated carbocycles. The van der Waals surface area contributed by atoms with E-state index >= 15 is 0 Å². The molecule has 28 heavy (non-hydrogen) atoms. The molecule has 0 atom stereocenters. The van der Waals surface area contributed by atoms with Crippen molar-refractivity contribution >= 4 is 39.2 Å².